The van der Waals surface area contributed by atoms with Crippen LogP contribution in [0.15, 0.2) is 0 Å². The van der Waals surface area contributed by atoms with Crippen molar-refractivity contribution in [3.8, 4) is 0 Å². The topological polar surface area (TPSA) is 18.5 Å². The minimum atomic E-state index is 0.772. The lowest BCUT2D eigenvalue weighted by Gasteiger charge is -2.48. The number of rotatable bonds is 2. The number of nitrogens with zero attached hydrogens (tertiary/aromatic N) is 2. The molecule has 0 radical (unpaired) electrons. The zero-order valence-electron chi connectivity index (χ0n) is 12.4. The van der Waals surface area contributed by atoms with Crippen LogP contribution in [0.5, 0.6) is 0 Å². The molecule has 5 atom stereocenters. The second-order valence-corrected chi connectivity index (χ2v) is 7.49. The number of fused-ring (bicyclic) bond motifs is 3. The average Bonchev–Trinajstić information content (AvgIpc) is 3.02. The summed E-state index contributed by atoms with van der Waals surface area (Å²) < 4.78 is 0. The van der Waals surface area contributed by atoms with Gasteiger partial charge in [0.2, 0.25) is 0 Å². The molecule has 4 aliphatic heterocycles. The van der Waals surface area contributed by atoms with Gasteiger partial charge in [-0.25, -0.2) is 0 Å². The predicted octanol–water partition coefficient (Wildman–Crippen LogP) is 1.69. The van der Waals surface area contributed by atoms with E-state index in [1.165, 1.54) is 64.7 Å². The highest BCUT2D eigenvalue weighted by molar-refractivity contribution is 4.99. The molecule has 0 aliphatic carbocycles. The monoisotopic (exact) mass is 263 g/mol. The zero-order chi connectivity index (χ0) is 12.8. The van der Waals surface area contributed by atoms with E-state index in [0.29, 0.717) is 0 Å². The van der Waals surface area contributed by atoms with Crippen LogP contribution in [0.4, 0.5) is 0 Å². The Kier molecular flexibility index (Phi) is 3.33. The van der Waals surface area contributed by atoms with Crippen molar-refractivity contribution in [2.24, 2.45) is 5.92 Å². The molecule has 108 valence electrons. The van der Waals surface area contributed by atoms with Crippen molar-refractivity contribution in [1.82, 2.24) is 15.1 Å². The highest BCUT2D eigenvalue weighted by atomic mass is 15.3. The molecule has 4 fully saturated rings. The summed E-state index contributed by atoms with van der Waals surface area (Å²) in [6.45, 7) is 7.83. The summed E-state index contributed by atoms with van der Waals surface area (Å²) in [6.07, 6.45) is 8.65. The van der Waals surface area contributed by atoms with E-state index in [9.17, 15) is 0 Å². The summed E-state index contributed by atoms with van der Waals surface area (Å²) in [5.74, 6) is 0.941. The van der Waals surface area contributed by atoms with Crippen molar-refractivity contribution in [1.29, 1.82) is 0 Å². The fraction of sp³-hybridized carbons (Fsp3) is 1.00. The van der Waals surface area contributed by atoms with E-state index in [0.717, 1.165) is 30.1 Å². The quantitative estimate of drug-likeness (QED) is 0.818. The van der Waals surface area contributed by atoms with Crippen LogP contribution in [-0.2, 0) is 0 Å². The molecule has 0 spiro atoms. The highest BCUT2D eigenvalue weighted by Crippen LogP contribution is 2.35. The highest BCUT2D eigenvalue weighted by Gasteiger charge is 2.41. The average molecular weight is 263 g/mol. The first-order chi connectivity index (χ1) is 9.29. The van der Waals surface area contributed by atoms with E-state index in [4.69, 9.17) is 0 Å². The maximum Gasteiger partial charge on any atom is 0.0223 e. The van der Waals surface area contributed by atoms with Crippen LogP contribution in [0.3, 0.4) is 0 Å². The van der Waals surface area contributed by atoms with Crippen LogP contribution in [0.2, 0.25) is 0 Å². The van der Waals surface area contributed by atoms with Crippen LogP contribution < -0.4 is 5.32 Å². The summed E-state index contributed by atoms with van der Waals surface area (Å²) in [7, 11) is 0. The van der Waals surface area contributed by atoms with E-state index in [2.05, 4.69) is 22.0 Å². The first kappa shape index (κ1) is 12.6. The molecule has 4 aliphatic rings. The third-order valence-electron chi connectivity index (χ3n) is 6.22. The summed E-state index contributed by atoms with van der Waals surface area (Å²) in [5, 5.41) is 3.80. The molecule has 0 saturated carbocycles. The Bertz CT molecular complexity index is 332. The van der Waals surface area contributed by atoms with Crippen LogP contribution in [0.25, 0.3) is 0 Å². The molecular formula is C16H29N3. The van der Waals surface area contributed by atoms with Crippen molar-refractivity contribution in [3.63, 3.8) is 0 Å². The first-order valence-corrected chi connectivity index (χ1v) is 8.54. The van der Waals surface area contributed by atoms with Crippen molar-refractivity contribution in [3.05, 3.63) is 0 Å². The summed E-state index contributed by atoms with van der Waals surface area (Å²) in [4.78, 5) is 5.59. The van der Waals surface area contributed by atoms with E-state index in [1.54, 1.807) is 0 Å². The van der Waals surface area contributed by atoms with Gasteiger partial charge >= 0.3 is 0 Å². The minimum absolute atomic E-state index is 0.772. The molecule has 0 aromatic heterocycles. The summed E-state index contributed by atoms with van der Waals surface area (Å²) in [6, 6.07) is 3.35. The molecule has 19 heavy (non-hydrogen) atoms. The van der Waals surface area contributed by atoms with Crippen LogP contribution >= 0.6 is 0 Å². The second-order valence-electron chi connectivity index (χ2n) is 7.49. The number of hydrogen-bond acceptors (Lipinski definition) is 3. The molecule has 2 bridgehead atoms. The maximum absolute atomic E-state index is 3.80. The lowest BCUT2D eigenvalue weighted by atomic mass is 9.87. The van der Waals surface area contributed by atoms with Crippen molar-refractivity contribution < 1.29 is 0 Å². The van der Waals surface area contributed by atoms with Gasteiger partial charge in [0.15, 0.2) is 0 Å². The summed E-state index contributed by atoms with van der Waals surface area (Å²) in [5.41, 5.74) is 0. The Morgan fingerprint density at radius 1 is 1.11 bits per heavy atom. The van der Waals surface area contributed by atoms with Gasteiger partial charge in [-0.15, -0.1) is 0 Å². The SMILES string of the molecule is CC1CN2CCCCC2CN1CC1CC2CCC1N2. The molecule has 4 saturated heterocycles. The van der Waals surface area contributed by atoms with Gasteiger partial charge < -0.3 is 5.32 Å². The number of piperazine rings is 1. The van der Waals surface area contributed by atoms with E-state index >= 15 is 0 Å². The van der Waals surface area contributed by atoms with E-state index in [1.807, 2.05) is 0 Å². The molecule has 0 amide bonds. The Morgan fingerprint density at radius 3 is 2.84 bits per heavy atom. The fourth-order valence-corrected chi connectivity index (χ4v) is 5.11. The van der Waals surface area contributed by atoms with Crippen molar-refractivity contribution in [2.45, 2.75) is 69.6 Å². The third-order valence-corrected chi connectivity index (χ3v) is 6.22. The molecule has 4 heterocycles. The van der Waals surface area contributed by atoms with Gasteiger partial charge in [-0.1, -0.05) is 6.42 Å². The Labute approximate surface area is 117 Å². The second kappa shape index (κ2) is 5.01. The van der Waals surface area contributed by atoms with Gasteiger partial charge in [0.1, 0.15) is 0 Å². The molecule has 4 rings (SSSR count). The third kappa shape index (κ3) is 2.34. The van der Waals surface area contributed by atoms with Gasteiger partial charge in [0.25, 0.3) is 0 Å². The number of hydrogen-bond donors (Lipinski definition) is 1. The number of piperidine rings is 1. The lowest BCUT2D eigenvalue weighted by Crippen LogP contribution is -2.59. The predicted molar refractivity (Wildman–Crippen MR) is 78.3 cm³/mol. The van der Waals surface area contributed by atoms with Gasteiger partial charge in [-0.3, -0.25) is 9.80 Å². The molecular weight excluding hydrogens is 234 g/mol. The largest absolute Gasteiger partial charge is 0.311 e. The molecule has 3 heteroatoms. The van der Waals surface area contributed by atoms with Gasteiger partial charge in [-0.05, 0) is 51.5 Å². The van der Waals surface area contributed by atoms with E-state index in [-0.39, 0.29) is 0 Å². The summed E-state index contributed by atoms with van der Waals surface area (Å²) >= 11 is 0. The maximum atomic E-state index is 3.80. The first-order valence-electron chi connectivity index (χ1n) is 8.54. The lowest BCUT2D eigenvalue weighted by molar-refractivity contribution is 0.00598. The van der Waals surface area contributed by atoms with Crippen LogP contribution in [0, 0.1) is 5.92 Å². The smallest absolute Gasteiger partial charge is 0.0223 e. The molecule has 1 N–H and O–H groups in total. The molecule has 0 aromatic carbocycles. The molecule has 3 nitrogen and oxygen atoms in total. The fourth-order valence-electron chi connectivity index (χ4n) is 5.11. The molecule has 0 aromatic rings. The number of nitrogens with one attached hydrogen (secondary N) is 1. The Hall–Kier alpha value is -0.120. The van der Waals surface area contributed by atoms with Gasteiger partial charge in [-0.2, -0.15) is 0 Å². The Morgan fingerprint density at radius 2 is 2.05 bits per heavy atom. The van der Waals surface area contributed by atoms with Crippen molar-refractivity contribution >= 4 is 0 Å². The molecule has 5 unspecified atom stereocenters. The van der Waals surface area contributed by atoms with Crippen LogP contribution in [0.1, 0.15) is 45.4 Å². The van der Waals surface area contributed by atoms with Gasteiger partial charge in [0.05, 0.1) is 0 Å². The van der Waals surface area contributed by atoms with Crippen LogP contribution in [-0.4, -0.2) is 60.1 Å². The normalized spacial score (nSPS) is 47.5. The zero-order valence-corrected chi connectivity index (χ0v) is 12.4. The minimum Gasteiger partial charge on any atom is -0.311 e. The van der Waals surface area contributed by atoms with Gasteiger partial charge in [0, 0.05) is 43.8 Å². The standard InChI is InChI=1S/C16H29N3/c1-12-9-18-7-3-2-4-15(18)11-19(12)10-13-8-14-5-6-16(13)17-14/h12-17H,2-11H2,1H3. The Balaban J connectivity index is 1.38. The van der Waals surface area contributed by atoms with Crippen molar-refractivity contribution in [2.75, 3.05) is 26.2 Å². The van der Waals surface area contributed by atoms with E-state index < -0.39 is 0 Å².